The first-order chi connectivity index (χ1) is 7.25. The van der Waals surface area contributed by atoms with Crippen molar-refractivity contribution in [1.29, 1.82) is 0 Å². The number of rotatable bonds is 5. The van der Waals surface area contributed by atoms with Crippen LogP contribution in [-0.2, 0) is 4.79 Å². The highest BCUT2D eigenvalue weighted by Gasteiger charge is 2.13. The van der Waals surface area contributed by atoms with Gasteiger partial charge in [-0.25, -0.2) is 0 Å². The van der Waals surface area contributed by atoms with Crippen LogP contribution in [0.5, 0.6) is 0 Å². The molecule has 15 heavy (non-hydrogen) atoms. The summed E-state index contributed by atoms with van der Waals surface area (Å²) in [7, 11) is 0. The summed E-state index contributed by atoms with van der Waals surface area (Å²) in [4.78, 5) is 11.5. The van der Waals surface area contributed by atoms with Gasteiger partial charge < -0.3 is 11.1 Å². The van der Waals surface area contributed by atoms with E-state index < -0.39 is 6.04 Å². The zero-order valence-electron chi connectivity index (χ0n) is 8.65. The summed E-state index contributed by atoms with van der Waals surface area (Å²) in [6.45, 7) is 4.16. The average Bonchev–Trinajstić information content (AvgIpc) is 2.29. The molecule has 0 aliphatic carbocycles. The monoisotopic (exact) mass is 204 g/mol. The van der Waals surface area contributed by atoms with E-state index in [1.807, 2.05) is 30.3 Å². The van der Waals surface area contributed by atoms with Gasteiger partial charge in [0, 0.05) is 6.54 Å². The van der Waals surface area contributed by atoms with Gasteiger partial charge in [-0.05, 0) is 12.0 Å². The lowest BCUT2D eigenvalue weighted by molar-refractivity contribution is -0.122. The Labute approximate surface area is 90.0 Å². The van der Waals surface area contributed by atoms with Crippen LogP contribution in [0.2, 0.25) is 0 Å². The number of nitrogens with two attached hydrogens (primary N) is 1. The Bertz CT molecular complexity index is 322. The van der Waals surface area contributed by atoms with Gasteiger partial charge >= 0.3 is 0 Å². The third-order valence-electron chi connectivity index (χ3n) is 2.09. The number of benzene rings is 1. The maximum atomic E-state index is 11.5. The Morgan fingerprint density at radius 1 is 1.47 bits per heavy atom. The quantitative estimate of drug-likeness (QED) is 0.562. The number of carbonyl (C=O) groups excluding carboxylic acids is 1. The van der Waals surface area contributed by atoms with Crippen LogP contribution in [0, 0.1) is 0 Å². The minimum absolute atomic E-state index is 0.150. The minimum atomic E-state index is -0.587. The van der Waals surface area contributed by atoms with Crippen molar-refractivity contribution >= 4 is 5.91 Å². The van der Waals surface area contributed by atoms with Gasteiger partial charge in [-0.3, -0.25) is 4.79 Å². The van der Waals surface area contributed by atoms with E-state index in [-0.39, 0.29) is 5.91 Å². The summed E-state index contributed by atoms with van der Waals surface area (Å²) >= 11 is 0. The second kappa shape index (κ2) is 5.98. The summed E-state index contributed by atoms with van der Waals surface area (Å²) in [5.41, 5.74) is 6.61. The molecule has 3 nitrogen and oxygen atoms in total. The smallest absolute Gasteiger partial charge is 0.241 e. The lowest BCUT2D eigenvalue weighted by atomic mass is 10.1. The standard InChI is InChI=1S/C12H16N2O/c1-2-3-9-14-12(15)11(13)10-7-5-4-6-8-10/h2,4-8,11H,1,3,9,13H2,(H,14,15)/t11-/m1/s1. The molecule has 1 amide bonds. The van der Waals surface area contributed by atoms with Crippen molar-refractivity contribution in [3.05, 3.63) is 48.6 Å². The van der Waals surface area contributed by atoms with E-state index in [4.69, 9.17) is 5.73 Å². The molecule has 0 saturated carbocycles. The fourth-order valence-corrected chi connectivity index (χ4v) is 1.22. The highest BCUT2D eigenvalue weighted by atomic mass is 16.2. The van der Waals surface area contributed by atoms with E-state index in [1.165, 1.54) is 0 Å². The van der Waals surface area contributed by atoms with Gasteiger partial charge in [0.15, 0.2) is 0 Å². The molecule has 0 heterocycles. The van der Waals surface area contributed by atoms with Crippen molar-refractivity contribution in [2.24, 2.45) is 5.73 Å². The van der Waals surface area contributed by atoms with Gasteiger partial charge in [0.25, 0.3) is 0 Å². The fraction of sp³-hybridized carbons (Fsp3) is 0.250. The summed E-state index contributed by atoms with van der Waals surface area (Å²) in [5, 5.41) is 2.75. The largest absolute Gasteiger partial charge is 0.354 e. The van der Waals surface area contributed by atoms with Crippen molar-refractivity contribution in [1.82, 2.24) is 5.32 Å². The number of carbonyl (C=O) groups is 1. The normalized spacial score (nSPS) is 11.8. The predicted molar refractivity (Wildman–Crippen MR) is 61.2 cm³/mol. The molecule has 0 aliphatic rings. The first kappa shape index (κ1) is 11.5. The van der Waals surface area contributed by atoms with Gasteiger partial charge in [0.05, 0.1) is 0 Å². The molecule has 3 N–H and O–H groups in total. The van der Waals surface area contributed by atoms with E-state index in [9.17, 15) is 4.79 Å². The van der Waals surface area contributed by atoms with Crippen LogP contribution in [0.3, 0.4) is 0 Å². The number of hydrogen-bond donors (Lipinski definition) is 2. The molecular weight excluding hydrogens is 188 g/mol. The first-order valence-corrected chi connectivity index (χ1v) is 4.95. The zero-order valence-corrected chi connectivity index (χ0v) is 8.65. The summed E-state index contributed by atoms with van der Waals surface area (Å²) in [6, 6.07) is 8.73. The second-order valence-electron chi connectivity index (χ2n) is 3.26. The van der Waals surface area contributed by atoms with Crippen LogP contribution < -0.4 is 11.1 Å². The molecule has 1 rings (SSSR count). The van der Waals surface area contributed by atoms with Gasteiger partial charge in [0.1, 0.15) is 6.04 Å². The van der Waals surface area contributed by atoms with E-state index >= 15 is 0 Å². The Hall–Kier alpha value is -1.61. The zero-order chi connectivity index (χ0) is 11.1. The predicted octanol–water partition coefficient (Wildman–Crippen LogP) is 1.38. The molecular formula is C12H16N2O. The number of nitrogens with one attached hydrogen (secondary N) is 1. The van der Waals surface area contributed by atoms with Crippen LogP contribution in [0.1, 0.15) is 18.0 Å². The van der Waals surface area contributed by atoms with E-state index in [0.29, 0.717) is 6.54 Å². The van der Waals surface area contributed by atoms with E-state index in [0.717, 1.165) is 12.0 Å². The average molecular weight is 204 g/mol. The third-order valence-corrected chi connectivity index (χ3v) is 2.09. The molecule has 1 aromatic rings. The molecule has 1 aromatic carbocycles. The van der Waals surface area contributed by atoms with Crippen molar-refractivity contribution < 1.29 is 4.79 Å². The van der Waals surface area contributed by atoms with Crippen LogP contribution >= 0.6 is 0 Å². The molecule has 0 unspecified atom stereocenters. The van der Waals surface area contributed by atoms with Crippen LogP contribution in [-0.4, -0.2) is 12.5 Å². The van der Waals surface area contributed by atoms with Crippen LogP contribution in [0.4, 0.5) is 0 Å². The molecule has 0 spiro atoms. The molecule has 80 valence electrons. The molecule has 1 atom stereocenters. The SMILES string of the molecule is C=CCCNC(=O)[C@H](N)c1ccccc1. The molecule has 3 heteroatoms. The molecule has 0 aromatic heterocycles. The Balaban J connectivity index is 2.50. The van der Waals surface area contributed by atoms with E-state index in [1.54, 1.807) is 6.08 Å². The maximum absolute atomic E-state index is 11.5. The van der Waals surface area contributed by atoms with Crippen molar-refractivity contribution in [2.75, 3.05) is 6.54 Å². The topological polar surface area (TPSA) is 55.1 Å². The minimum Gasteiger partial charge on any atom is -0.354 e. The van der Waals surface area contributed by atoms with Gasteiger partial charge in [0.2, 0.25) is 5.91 Å². The van der Waals surface area contributed by atoms with Crippen molar-refractivity contribution in [3.8, 4) is 0 Å². The second-order valence-corrected chi connectivity index (χ2v) is 3.26. The first-order valence-electron chi connectivity index (χ1n) is 4.95. The highest BCUT2D eigenvalue weighted by molar-refractivity contribution is 5.82. The summed E-state index contributed by atoms with van der Waals surface area (Å²) in [5.74, 6) is -0.150. The van der Waals surface area contributed by atoms with Crippen molar-refractivity contribution in [2.45, 2.75) is 12.5 Å². The number of hydrogen-bond acceptors (Lipinski definition) is 2. The third kappa shape index (κ3) is 3.56. The summed E-state index contributed by atoms with van der Waals surface area (Å²) in [6.07, 6.45) is 2.52. The lowest BCUT2D eigenvalue weighted by Crippen LogP contribution is -2.34. The van der Waals surface area contributed by atoms with Gasteiger partial charge in [-0.1, -0.05) is 36.4 Å². The highest BCUT2D eigenvalue weighted by Crippen LogP contribution is 2.08. The molecule has 0 aliphatic heterocycles. The molecule has 0 radical (unpaired) electrons. The van der Waals surface area contributed by atoms with Gasteiger partial charge in [-0.15, -0.1) is 6.58 Å². The maximum Gasteiger partial charge on any atom is 0.241 e. The van der Waals surface area contributed by atoms with Crippen LogP contribution in [0.15, 0.2) is 43.0 Å². The van der Waals surface area contributed by atoms with Gasteiger partial charge in [-0.2, -0.15) is 0 Å². The Kier molecular flexibility index (Phi) is 4.57. The van der Waals surface area contributed by atoms with Crippen LogP contribution in [0.25, 0.3) is 0 Å². The van der Waals surface area contributed by atoms with Crippen molar-refractivity contribution in [3.63, 3.8) is 0 Å². The van der Waals surface area contributed by atoms with E-state index in [2.05, 4.69) is 11.9 Å². The fourth-order valence-electron chi connectivity index (χ4n) is 1.22. The Morgan fingerprint density at radius 3 is 2.73 bits per heavy atom. The Morgan fingerprint density at radius 2 is 2.13 bits per heavy atom. The lowest BCUT2D eigenvalue weighted by Gasteiger charge is -2.11. The number of amides is 1. The molecule has 0 fully saturated rings. The summed E-state index contributed by atoms with van der Waals surface area (Å²) < 4.78 is 0. The molecule has 0 saturated heterocycles. The molecule has 0 bridgehead atoms.